The van der Waals surface area contributed by atoms with Crippen molar-refractivity contribution in [1.82, 2.24) is 25.0 Å². The van der Waals surface area contributed by atoms with E-state index in [1.807, 2.05) is 15.9 Å². The lowest BCUT2D eigenvalue weighted by Crippen LogP contribution is -2.51. The van der Waals surface area contributed by atoms with Gasteiger partial charge in [-0.15, -0.1) is 0 Å². The number of nitrogens with one attached hydrogen (secondary N) is 1. The van der Waals surface area contributed by atoms with Gasteiger partial charge in [0.05, 0.1) is 29.9 Å². The molecule has 2 saturated heterocycles. The Labute approximate surface area is 194 Å². The molecule has 11 heteroatoms. The second-order valence-electron chi connectivity index (χ2n) is 8.43. The molecule has 2 aliphatic rings. The number of carbonyl (C=O) groups excluding carboxylic acids is 1. The van der Waals surface area contributed by atoms with Gasteiger partial charge >= 0.3 is 0 Å². The first-order valence-electron chi connectivity index (χ1n) is 11.1. The number of aromatic amines is 1. The van der Waals surface area contributed by atoms with Crippen LogP contribution in [0.2, 0.25) is 0 Å². The van der Waals surface area contributed by atoms with Gasteiger partial charge in [-0.2, -0.15) is 20.6 Å². The zero-order valence-electron chi connectivity index (χ0n) is 18.4. The van der Waals surface area contributed by atoms with Crippen molar-refractivity contribution >= 4 is 23.0 Å². The average Bonchev–Trinajstić information content (AvgIpc) is 3.51. The Morgan fingerprint density at radius 3 is 2.74 bits per heavy atom. The van der Waals surface area contributed by atoms with Gasteiger partial charge in [0.2, 0.25) is 5.91 Å². The molecule has 0 aliphatic carbocycles. The van der Waals surface area contributed by atoms with Crippen LogP contribution < -0.4 is 10.5 Å². The third kappa shape index (κ3) is 4.09. The number of anilines is 1. The Bertz CT molecular complexity index is 1370. The number of carbonyl (C=O) groups is 1. The van der Waals surface area contributed by atoms with Gasteiger partial charge in [0.15, 0.2) is 5.58 Å². The molecule has 5 rings (SSSR count). The van der Waals surface area contributed by atoms with E-state index in [1.54, 1.807) is 18.2 Å². The Morgan fingerprint density at radius 2 is 1.97 bits per heavy atom. The summed E-state index contributed by atoms with van der Waals surface area (Å²) in [6, 6.07) is 11.0. The van der Waals surface area contributed by atoms with E-state index in [-0.39, 0.29) is 24.1 Å². The number of amides is 1. The number of H-pyrrole nitrogens is 1. The molecule has 34 heavy (non-hydrogen) atoms. The predicted molar refractivity (Wildman–Crippen MR) is 121 cm³/mol. The summed E-state index contributed by atoms with van der Waals surface area (Å²) in [4.78, 5) is 35.1. The molecule has 1 N–H and O–H groups in total. The number of fused-ring (bicyclic) bond motifs is 1. The highest BCUT2D eigenvalue weighted by Crippen LogP contribution is 2.30. The van der Waals surface area contributed by atoms with Crippen LogP contribution in [0.15, 0.2) is 33.5 Å². The van der Waals surface area contributed by atoms with Crippen molar-refractivity contribution in [3.05, 3.63) is 51.4 Å². The number of likely N-dealkylation sites (tertiary alicyclic amines) is 1. The Morgan fingerprint density at radius 1 is 1.15 bits per heavy atom. The highest BCUT2D eigenvalue weighted by atomic mass is 16.4. The lowest BCUT2D eigenvalue weighted by atomic mass is 10.1. The number of piperazine rings is 1. The number of oxazole rings is 1. The van der Waals surface area contributed by atoms with Crippen molar-refractivity contribution in [1.29, 1.82) is 10.5 Å². The number of hydrogen-bond donors (Lipinski definition) is 1. The standard InChI is InChI=1S/C23H22N8O3/c24-12-15-3-4-20-18(10-15)26-23(34-20)30-8-6-29(7-9-30)21(32)14-31-5-1-2-19(31)17-11-16(13-25)22(33)28-27-17/h3-4,10-11,19H,1-2,5-9,14H2,(H,28,33). The fourth-order valence-corrected chi connectivity index (χ4v) is 4.57. The van der Waals surface area contributed by atoms with Gasteiger partial charge in [-0.1, -0.05) is 0 Å². The van der Waals surface area contributed by atoms with Crippen LogP contribution in [0.3, 0.4) is 0 Å². The van der Waals surface area contributed by atoms with Crippen LogP contribution in [0.4, 0.5) is 6.01 Å². The van der Waals surface area contributed by atoms with Crippen molar-refractivity contribution in [3.8, 4) is 12.1 Å². The fourth-order valence-electron chi connectivity index (χ4n) is 4.57. The molecule has 0 spiro atoms. The smallest absolute Gasteiger partial charge is 0.298 e. The van der Waals surface area contributed by atoms with Gasteiger partial charge in [-0.3, -0.25) is 14.5 Å². The first kappa shape index (κ1) is 21.6. The number of rotatable bonds is 4. The molecule has 1 atom stereocenters. The van der Waals surface area contributed by atoms with Crippen molar-refractivity contribution in [2.75, 3.05) is 44.2 Å². The topological polar surface area (TPSA) is 146 Å². The number of hydrogen-bond acceptors (Lipinski definition) is 9. The van der Waals surface area contributed by atoms with E-state index in [0.717, 1.165) is 19.4 Å². The van der Waals surface area contributed by atoms with E-state index in [1.165, 1.54) is 6.07 Å². The molecule has 3 aromatic rings. The van der Waals surface area contributed by atoms with E-state index >= 15 is 0 Å². The van der Waals surface area contributed by atoms with Gasteiger partial charge in [0.1, 0.15) is 17.1 Å². The Hall–Kier alpha value is -4.22. The van der Waals surface area contributed by atoms with Crippen molar-refractivity contribution in [2.45, 2.75) is 18.9 Å². The molecule has 2 fully saturated rings. The van der Waals surface area contributed by atoms with Crippen LogP contribution in [-0.2, 0) is 4.79 Å². The number of benzene rings is 1. The third-order valence-electron chi connectivity index (χ3n) is 6.40. The Balaban J connectivity index is 1.21. The first-order valence-corrected chi connectivity index (χ1v) is 11.1. The highest BCUT2D eigenvalue weighted by molar-refractivity contribution is 5.79. The van der Waals surface area contributed by atoms with Crippen LogP contribution in [0.1, 0.15) is 35.7 Å². The minimum Gasteiger partial charge on any atom is -0.423 e. The summed E-state index contributed by atoms with van der Waals surface area (Å²) >= 11 is 0. The molecule has 1 unspecified atom stereocenters. The molecule has 2 aromatic heterocycles. The van der Waals surface area contributed by atoms with E-state index in [2.05, 4.69) is 26.2 Å². The molecule has 1 aromatic carbocycles. The number of nitriles is 2. The summed E-state index contributed by atoms with van der Waals surface area (Å²) in [5.41, 5.74) is 1.94. The average molecular weight is 458 g/mol. The molecule has 0 radical (unpaired) electrons. The van der Waals surface area contributed by atoms with Crippen LogP contribution >= 0.6 is 0 Å². The monoisotopic (exact) mass is 458 g/mol. The third-order valence-corrected chi connectivity index (χ3v) is 6.40. The van der Waals surface area contributed by atoms with Crippen LogP contribution in [0, 0.1) is 22.7 Å². The zero-order chi connectivity index (χ0) is 23.7. The lowest BCUT2D eigenvalue weighted by molar-refractivity contribution is -0.133. The predicted octanol–water partition coefficient (Wildman–Crippen LogP) is 1.14. The molecule has 2 aliphatic heterocycles. The van der Waals surface area contributed by atoms with Gasteiger partial charge in [0, 0.05) is 26.2 Å². The quantitative estimate of drug-likeness (QED) is 0.608. The summed E-state index contributed by atoms with van der Waals surface area (Å²) in [5, 5.41) is 24.7. The minimum atomic E-state index is -0.505. The fraction of sp³-hybridized carbons (Fsp3) is 0.391. The zero-order valence-corrected chi connectivity index (χ0v) is 18.4. The second-order valence-corrected chi connectivity index (χ2v) is 8.43. The van der Waals surface area contributed by atoms with Crippen LogP contribution in [0.25, 0.3) is 11.1 Å². The van der Waals surface area contributed by atoms with Crippen molar-refractivity contribution in [2.24, 2.45) is 0 Å². The van der Waals surface area contributed by atoms with Crippen LogP contribution in [-0.4, -0.2) is 70.2 Å². The highest BCUT2D eigenvalue weighted by Gasteiger charge is 2.32. The summed E-state index contributed by atoms with van der Waals surface area (Å²) in [5.74, 6) is 0.0349. The van der Waals surface area contributed by atoms with Crippen molar-refractivity contribution < 1.29 is 9.21 Å². The van der Waals surface area contributed by atoms with E-state index < -0.39 is 5.56 Å². The summed E-state index contributed by atoms with van der Waals surface area (Å²) in [7, 11) is 0. The Kier molecular flexibility index (Phi) is 5.70. The maximum atomic E-state index is 13.0. The molecule has 11 nitrogen and oxygen atoms in total. The molecular formula is C23H22N8O3. The van der Waals surface area contributed by atoms with E-state index in [0.29, 0.717) is 54.6 Å². The van der Waals surface area contributed by atoms with Gasteiger partial charge in [-0.25, -0.2) is 5.10 Å². The van der Waals surface area contributed by atoms with E-state index in [4.69, 9.17) is 14.9 Å². The SMILES string of the molecule is N#Cc1ccc2oc(N3CCN(C(=O)CN4CCCC4c4cc(C#N)c(=O)[nH]n4)CC3)nc2c1. The van der Waals surface area contributed by atoms with Crippen molar-refractivity contribution in [3.63, 3.8) is 0 Å². The molecule has 172 valence electrons. The molecular weight excluding hydrogens is 436 g/mol. The van der Waals surface area contributed by atoms with Crippen LogP contribution in [0.5, 0.6) is 0 Å². The largest absolute Gasteiger partial charge is 0.423 e. The number of aromatic nitrogens is 3. The first-order chi connectivity index (χ1) is 16.6. The second kappa shape index (κ2) is 8.96. The number of nitrogens with zero attached hydrogens (tertiary/aromatic N) is 7. The summed E-state index contributed by atoms with van der Waals surface area (Å²) in [6.45, 7) is 3.31. The molecule has 4 heterocycles. The van der Waals surface area contributed by atoms with E-state index in [9.17, 15) is 9.59 Å². The normalized spacial score (nSPS) is 18.7. The molecule has 0 saturated carbocycles. The van der Waals surface area contributed by atoms with Gasteiger partial charge in [0.25, 0.3) is 11.6 Å². The van der Waals surface area contributed by atoms with Gasteiger partial charge < -0.3 is 14.2 Å². The lowest BCUT2D eigenvalue weighted by Gasteiger charge is -2.35. The minimum absolute atomic E-state index is 0.0299. The summed E-state index contributed by atoms with van der Waals surface area (Å²) < 4.78 is 5.84. The maximum Gasteiger partial charge on any atom is 0.298 e. The van der Waals surface area contributed by atoms with Gasteiger partial charge in [-0.05, 0) is 43.7 Å². The maximum absolute atomic E-state index is 13.0. The molecule has 0 bridgehead atoms. The summed E-state index contributed by atoms with van der Waals surface area (Å²) in [6.07, 6.45) is 1.73. The molecule has 1 amide bonds.